The Bertz CT molecular complexity index is 330. The molecule has 0 unspecified atom stereocenters. The van der Waals surface area contributed by atoms with Crippen molar-refractivity contribution in [2.24, 2.45) is 5.92 Å². The van der Waals surface area contributed by atoms with Crippen LogP contribution in [0.15, 0.2) is 0 Å². The first-order chi connectivity index (χ1) is 8.69. The highest BCUT2D eigenvalue weighted by molar-refractivity contribution is 5.85. The zero-order chi connectivity index (χ0) is 13.4. The van der Waals surface area contributed by atoms with Crippen molar-refractivity contribution < 1.29 is 14.3 Å². The quantitative estimate of drug-likeness (QED) is 0.752. The minimum atomic E-state index is -0.691. The average Bonchev–Trinajstić information content (AvgIpc) is 2.43. The molecule has 5 heteroatoms. The van der Waals surface area contributed by atoms with Gasteiger partial charge in [-0.1, -0.05) is 19.3 Å². The smallest absolute Gasteiger partial charge is 0.328 e. The van der Waals surface area contributed by atoms with E-state index in [2.05, 4.69) is 10.1 Å². The number of nitrogens with zero attached hydrogens (tertiary/aromatic N) is 1. The Morgan fingerprint density at radius 1 is 1.39 bits per heavy atom. The van der Waals surface area contributed by atoms with Crippen molar-refractivity contribution in [3.63, 3.8) is 0 Å². The van der Waals surface area contributed by atoms with E-state index < -0.39 is 12.0 Å². The Hall–Kier alpha value is -1.57. The summed E-state index contributed by atoms with van der Waals surface area (Å²) in [6, 6.07) is 1.28. The zero-order valence-electron chi connectivity index (χ0n) is 10.8. The first-order valence-corrected chi connectivity index (χ1v) is 6.44. The maximum Gasteiger partial charge on any atom is 0.328 e. The van der Waals surface area contributed by atoms with Gasteiger partial charge in [0.25, 0.3) is 0 Å². The topological polar surface area (TPSA) is 79.2 Å². The predicted molar refractivity (Wildman–Crippen MR) is 65.4 cm³/mol. The summed E-state index contributed by atoms with van der Waals surface area (Å²) in [6.45, 7) is 0. The molecular weight excluding hydrogens is 232 g/mol. The molecule has 0 heterocycles. The summed E-state index contributed by atoms with van der Waals surface area (Å²) >= 11 is 0. The fraction of sp³-hybridized carbons (Fsp3) is 0.769. The number of methoxy groups -OCH3 is 1. The highest BCUT2D eigenvalue weighted by atomic mass is 16.5. The normalized spacial score (nSPS) is 17.6. The van der Waals surface area contributed by atoms with Crippen LogP contribution in [0.4, 0.5) is 0 Å². The first kappa shape index (κ1) is 14.5. The molecule has 18 heavy (non-hydrogen) atoms. The van der Waals surface area contributed by atoms with Gasteiger partial charge in [0.1, 0.15) is 6.04 Å². The van der Waals surface area contributed by atoms with Crippen molar-refractivity contribution in [1.29, 1.82) is 5.26 Å². The number of ether oxygens (including phenoxy) is 1. The van der Waals surface area contributed by atoms with Crippen molar-refractivity contribution in [2.45, 2.75) is 51.0 Å². The largest absolute Gasteiger partial charge is 0.467 e. The van der Waals surface area contributed by atoms with Gasteiger partial charge in [0, 0.05) is 12.3 Å². The zero-order valence-corrected chi connectivity index (χ0v) is 10.8. The van der Waals surface area contributed by atoms with E-state index in [1.165, 1.54) is 13.5 Å². The molecule has 1 fully saturated rings. The number of rotatable bonds is 5. The number of amides is 1. The molecule has 1 atom stereocenters. The van der Waals surface area contributed by atoms with E-state index in [4.69, 9.17) is 5.26 Å². The average molecular weight is 252 g/mol. The standard InChI is InChI=1S/C13H20N2O3/c1-18-13(17)11(8-5-9-14)15-12(16)10-6-3-2-4-7-10/h10-11H,2-8H2,1H3,(H,15,16)/t11-/m1/s1. The molecular formula is C13H20N2O3. The molecule has 0 spiro atoms. The number of hydrogen-bond acceptors (Lipinski definition) is 4. The lowest BCUT2D eigenvalue weighted by Gasteiger charge is -2.23. The number of carbonyl (C=O) groups excluding carboxylic acids is 2. The molecule has 1 N–H and O–H groups in total. The van der Waals surface area contributed by atoms with E-state index in [1.54, 1.807) is 0 Å². The van der Waals surface area contributed by atoms with E-state index >= 15 is 0 Å². The van der Waals surface area contributed by atoms with Crippen molar-refractivity contribution in [1.82, 2.24) is 5.32 Å². The maximum absolute atomic E-state index is 12.0. The summed E-state index contributed by atoms with van der Waals surface area (Å²) in [4.78, 5) is 23.5. The molecule has 100 valence electrons. The van der Waals surface area contributed by atoms with Gasteiger partial charge >= 0.3 is 5.97 Å². The summed E-state index contributed by atoms with van der Waals surface area (Å²) in [7, 11) is 1.29. The van der Waals surface area contributed by atoms with Crippen LogP contribution in [0.1, 0.15) is 44.9 Å². The van der Waals surface area contributed by atoms with Crippen LogP contribution in [-0.2, 0) is 14.3 Å². The molecule has 0 aromatic carbocycles. The van der Waals surface area contributed by atoms with Crippen molar-refractivity contribution in [3.8, 4) is 6.07 Å². The Kier molecular flexibility index (Phi) is 6.20. The molecule has 1 aliphatic rings. The molecule has 5 nitrogen and oxygen atoms in total. The lowest BCUT2D eigenvalue weighted by atomic mass is 9.88. The van der Waals surface area contributed by atoms with Gasteiger partial charge in [-0.15, -0.1) is 0 Å². The lowest BCUT2D eigenvalue weighted by Crippen LogP contribution is -2.44. The monoisotopic (exact) mass is 252 g/mol. The van der Waals surface area contributed by atoms with Gasteiger partial charge < -0.3 is 10.1 Å². The molecule has 0 aliphatic heterocycles. The minimum absolute atomic E-state index is 0.00740. The molecule has 0 saturated heterocycles. The Morgan fingerprint density at radius 2 is 2.06 bits per heavy atom. The molecule has 0 bridgehead atoms. The lowest BCUT2D eigenvalue weighted by molar-refractivity contribution is -0.145. The van der Waals surface area contributed by atoms with E-state index in [9.17, 15) is 9.59 Å². The van der Waals surface area contributed by atoms with Crippen LogP contribution in [0.25, 0.3) is 0 Å². The maximum atomic E-state index is 12.0. The van der Waals surface area contributed by atoms with Gasteiger partial charge in [0.15, 0.2) is 0 Å². The third-order valence-electron chi connectivity index (χ3n) is 3.32. The Labute approximate surface area is 107 Å². The third-order valence-corrected chi connectivity index (χ3v) is 3.32. The molecule has 1 saturated carbocycles. The second kappa shape index (κ2) is 7.70. The molecule has 0 radical (unpaired) electrons. The third kappa shape index (κ3) is 4.36. The molecule has 1 rings (SSSR count). The Morgan fingerprint density at radius 3 is 2.61 bits per heavy atom. The molecule has 1 aliphatic carbocycles. The van der Waals surface area contributed by atoms with Gasteiger partial charge in [0.2, 0.25) is 5.91 Å². The van der Waals surface area contributed by atoms with Crippen LogP contribution in [-0.4, -0.2) is 25.0 Å². The second-order valence-electron chi connectivity index (χ2n) is 4.62. The van der Waals surface area contributed by atoms with E-state index in [0.717, 1.165) is 25.7 Å². The Balaban J connectivity index is 2.50. The fourth-order valence-electron chi connectivity index (χ4n) is 2.25. The van der Waals surface area contributed by atoms with Gasteiger partial charge in [0.05, 0.1) is 13.2 Å². The van der Waals surface area contributed by atoms with E-state index in [0.29, 0.717) is 6.42 Å². The van der Waals surface area contributed by atoms with Crippen molar-refractivity contribution in [3.05, 3.63) is 0 Å². The highest BCUT2D eigenvalue weighted by Crippen LogP contribution is 2.23. The number of nitriles is 1. The summed E-state index contributed by atoms with van der Waals surface area (Å²) in [5.74, 6) is -0.551. The summed E-state index contributed by atoms with van der Waals surface area (Å²) in [6.07, 6.45) is 5.62. The minimum Gasteiger partial charge on any atom is -0.467 e. The van der Waals surface area contributed by atoms with E-state index in [-0.39, 0.29) is 18.2 Å². The second-order valence-corrected chi connectivity index (χ2v) is 4.62. The number of nitrogens with one attached hydrogen (secondary N) is 1. The van der Waals surface area contributed by atoms with Crippen LogP contribution in [0.2, 0.25) is 0 Å². The molecule has 0 aromatic heterocycles. The SMILES string of the molecule is COC(=O)[C@@H](CCC#N)NC(=O)C1CCCCC1. The number of carbonyl (C=O) groups is 2. The van der Waals surface area contributed by atoms with Gasteiger partial charge in [-0.2, -0.15) is 5.26 Å². The number of esters is 1. The van der Waals surface area contributed by atoms with E-state index in [1.807, 2.05) is 6.07 Å². The van der Waals surface area contributed by atoms with Crippen LogP contribution in [0.5, 0.6) is 0 Å². The van der Waals surface area contributed by atoms with Gasteiger partial charge in [-0.3, -0.25) is 4.79 Å². The van der Waals surface area contributed by atoms with Gasteiger partial charge in [-0.05, 0) is 19.3 Å². The van der Waals surface area contributed by atoms with Crippen molar-refractivity contribution >= 4 is 11.9 Å². The van der Waals surface area contributed by atoms with Gasteiger partial charge in [-0.25, -0.2) is 4.79 Å². The van der Waals surface area contributed by atoms with Crippen LogP contribution < -0.4 is 5.32 Å². The van der Waals surface area contributed by atoms with Crippen molar-refractivity contribution in [2.75, 3.05) is 7.11 Å². The fourth-order valence-corrected chi connectivity index (χ4v) is 2.25. The predicted octanol–water partition coefficient (Wildman–Crippen LogP) is 1.53. The summed E-state index contributed by atoms with van der Waals surface area (Å²) in [5, 5.41) is 11.2. The summed E-state index contributed by atoms with van der Waals surface area (Å²) < 4.78 is 4.63. The van der Waals surface area contributed by atoms with Crippen LogP contribution in [0, 0.1) is 17.2 Å². The molecule has 0 aromatic rings. The van der Waals surface area contributed by atoms with Crippen LogP contribution >= 0.6 is 0 Å². The summed E-state index contributed by atoms with van der Waals surface area (Å²) in [5.41, 5.74) is 0. The number of hydrogen-bond donors (Lipinski definition) is 1. The highest BCUT2D eigenvalue weighted by Gasteiger charge is 2.26. The molecule has 1 amide bonds. The van der Waals surface area contributed by atoms with Crippen LogP contribution in [0.3, 0.4) is 0 Å². The first-order valence-electron chi connectivity index (χ1n) is 6.44.